The molecule has 3 amide bonds. The Hall–Kier alpha value is -0.330. The second-order valence-electron chi connectivity index (χ2n) is 9.01. The number of hydrogen-bond acceptors (Lipinski definition) is 8. The van der Waals surface area contributed by atoms with Crippen LogP contribution in [0.25, 0.3) is 0 Å². The topological polar surface area (TPSA) is 136 Å². The van der Waals surface area contributed by atoms with Crippen LogP contribution in [0.3, 0.4) is 0 Å². The number of aliphatic hydroxyl groups excluding tert-OH is 1. The number of hydrogen-bond donors (Lipinski definition) is 3. The lowest BCUT2D eigenvalue weighted by Crippen LogP contribution is -2.64. The first-order chi connectivity index (χ1) is 15.6. The molecule has 3 aliphatic rings. The van der Waals surface area contributed by atoms with Crippen molar-refractivity contribution < 1.29 is 38.4 Å². The number of likely N-dealkylation sites (tertiary alicyclic amines) is 1. The van der Waals surface area contributed by atoms with Crippen LogP contribution < -0.4 is 10.6 Å². The van der Waals surface area contributed by atoms with Gasteiger partial charge in [0, 0.05) is 58.5 Å². The SMILES string of the molecule is C.CC1NC(=O)C1O.COC(C)(C)OC1C(=O)N(C)C1C.COC(C)(C)OC1C(=O)NC1C.II. The molecule has 0 aromatic carbocycles. The lowest BCUT2D eigenvalue weighted by molar-refractivity contribution is -0.250. The van der Waals surface area contributed by atoms with Crippen LogP contribution in [0.5, 0.6) is 0 Å². The van der Waals surface area contributed by atoms with Gasteiger partial charge in [-0.05, 0) is 48.5 Å². The lowest BCUT2D eigenvalue weighted by Gasteiger charge is -2.45. The fourth-order valence-corrected chi connectivity index (χ4v) is 2.77. The Bertz CT molecular complexity index is 696. The third kappa shape index (κ3) is 10.9. The third-order valence-corrected chi connectivity index (χ3v) is 5.64. The molecule has 3 rings (SSSR count). The zero-order valence-electron chi connectivity index (χ0n) is 21.5. The Kier molecular flexibility index (Phi) is 16.6. The predicted octanol–water partition coefficient (Wildman–Crippen LogP) is 2.16. The van der Waals surface area contributed by atoms with Crippen LogP contribution in [0.2, 0.25) is 0 Å². The average Bonchev–Trinajstić information content (AvgIpc) is 2.82. The normalized spacial score (nSPS) is 28.9. The first kappa shape index (κ1) is 36.8. The van der Waals surface area contributed by atoms with Gasteiger partial charge in [-0.1, -0.05) is 7.43 Å². The van der Waals surface area contributed by atoms with Gasteiger partial charge < -0.3 is 39.6 Å². The second kappa shape index (κ2) is 15.8. The van der Waals surface area contributed by atoms with Crippen molar-refractivity contribution in [3.63, 3.8) is 0 Å². The van der Waals surface area contributed by atoms with Gasteiger partial charge in [0.1, 0.15) is 0 Å². The Balaban J connectivity index is 0. The van der Waals surface area contributed by atoms with E-state index in [4.69, 9.17) is 24.1 Å². The van der Waals surface area contributed by atoms with Crippen molar-refractivity contribution in [3.05, 3.63) is 0 Å². The van der Waals surface area contributed by atoms with Crippen molar-refractivity contribution >= 4 is 55.0 Å². The summed E-state index contributed by atoms with van der Waals surface area (Å²) in [7, 11) is 4.89. The predicted molar refractivity (Wildman–Crippen MR) is 150 cm³/mol. The van der Waals surface area contributed by atoms with E-state index in [-0.39, 0.29) is 55.5 Å². The third-order valence-electron chi connectivity index (χ3n) is 5.64. The summed E-state index contributed by atoms with van der Waals surface area (Å²) >= 11 is 4.24. The van der Waals surface area contributed by atoms with E-state index in [1.165, 1.54) is 0 Å². The number of amides is 3. The number of halogens is 2. The molecule has 3 fully saturated rings. The van der Waals surface area contributed by atoms with Crippen molar-refractivity contribution in [2.75, 3.05) is 21.3 Å². The molecule has 6 unspecified atom stereocenters. The number of nitrogens with zero attached hydrogens (tertiary/aromatic N) is 1. The number of nitrogens with one attached hydrogen (secondary N) is 2. The van der Waals surface area contributed by atoms with Crippen LogP contribution in [0.4, 0.5) is 0 Å². The fraction of sp³-hybridized carbons (Fsp3) is 0.864. The monoisotopic (exact) mass is 731 g/mol. The van der Waals surface area contributed by atoms with Gasteiger partial charge in [-0.15, -0.1) is 0 Å². The number of β-lactam (4-membered cyclic amide) rings is 3. The Morgan fingerprint density at radius 2 is 1.23 bits per heavy atom. The van der Waals surface area contributed by atoms with Crippen LogP contribution in [-0.2, 0) is 33.3 Å². The Labute approximate surface area is 233 Å². The number of ether oxygens (including phenoxy) is 4. The molecule has 0 aromatic rings. The molecule has 208 valence electrons. The van der Waals surface area contributed by atoms with Crippen molar-refractivity contribution in [3.8, 4) is 0 Å². The van der Waals surface area contributed by atoms with E-state index in [2.05, 4.69) is 47.9 Å². The van der Waals surface area contributed by atoms with Crippen molar-refractivity contribution in [1.29, 1.82) is 0 Å². The van der Waals surface area contributed by atoms with E-state index in [0.29, 0.717) is 0 Å². The summed E-state index contributed by atoms with van der Waals surface area (Å²) in [5.41, 5.74) is 0. The molecular formula is C22H43I2N3O8. The standard InChI is InChI=1S/C9H17NO3.C8H15NO3.C4H7NO2.CH4.I2/c1-6-7(8(11)10(6)4)13-9(2,3)12-5;1-5-6(7(10)9-5)12-8(2,3)11-4;1-2-3(6)4(7)5-2;;1-2/h6-7H,1-5H3;5-6H,1-4H3,(H,9,10);2-3,6H,1H3,(H,5,7);1H4;. The fourth-order valence-electron chi connectivity index (χ4n) is 2.77. The number of carbonyl (C=O) groups excluding carboxylic acids is 3. The van der Waals surface area contributed by atoms with Crippen molar-refractivity contribution in [2.24, 2.45) is 0 Å². The van der Waals surface area contributed by atoms with Crippen molar-refractivity contribution in [2.45, 2.75) is 104 Å². The summed E-state index contributed by atoms with van der Waals surface area (Å²) < 4.78 is 21.0. The Morgan fingerprint density at radius 3 is 1.46 bits per heavy atom. The summed E-state index contributed by atoms with van der Waals surface area (Å²) in [6.07, 6.45) is -1.46. The molecule has 35 heavy (non-hydrogen) atoms. The molecule has 0 radical (unpaired) electrons. The molecule has 0 saturated carbocycles. The van der Waals surface area contributed by atoms with Gasteiger partial charge in [-0.2, -0.15) is 0 Å². The highest BCUT2D eigenvalue weighted by Crippen LogP contribution is 2.25. The highest BCUT2D eigenvalue weighted by molar-refractivity contribution is 15.0. The van der Waals surface area contributed by atoms with Gasteiger partial charge in [0.2, 0.25) is 0 Å². The maximum Gasteiger partial charge on any atom is 0.254 e. The zero-order valence-corrected chi connectivity index (χ0v) is 25.8. The summed E-state index contributed by atoms with van der Waals surface area (Å²) in [4.78, 5) is 34.0. The first-order valence-corrected chi connectivity index (χ1v) is 17.0. The van der Waals surface area contributed by atoms with Crippen LogP contribution in [-0.4, -0.2) is 97.0 Å². The maximum atomic E-state index is 11.3. The summed E-state index contributed by atoms with van der Waals surface area (Å²) in [6.45, 7) is 12.8. The van der Waals surface area contributed by atoms with E-state index in [9.17, 15) is 14.4 Å². The summed E-state index contributed by atoms with van der Waals surface area (Å²) in [5.74, 6) is -1.66. The molecule has 3 N–H and O–H groups in total. The van der Waals surface area contributed by atoms with Gasteiger partial charge in [0.25, 0.3) is 17.7 Å². The molecule has 13 heteroatoms. The van der Waals surface area contributed by atoms with E-state index in [0.717, 1.165) is 0 Å². The molecule has 6 atom stereocenters. The molecule has 11 nitrogen and oxygen atoms in total. The molecule has 3 aliphatic heterocycles. The van der Waals surface area contributed by atoms with Gasteiger partial charge in [0.05, 0.1) is 18.1 Å². The van der Waals surface area contributed by atoms with E-state index >= 15 is 0 Å². The van der Waals surface area contributed by atoms with Crippen LogP contribution in [0, 0.1) is 0 Å². The van der Waals surface area contributed by atoms with Gasteiger partial charge in [-0.25, -0.2) is 0 Å². The van der Waals surface area contributed by atoms with Crippen LogP contribution in [0.1, 0.15) is 55.9 Å². The number of likely N-dealkylation sites (N-methyl/N-ethyl adjacent to an activating group) is 1. The minimum atomic E-state index is -0.750. The van der Waals surface area contributed by atoms with E-state index in [1.54, 1.807) is 60.8 Å². The maximum absolute atomic E-state index is 11.3. The van der Waals surface area contributed by atoms with Crippen molar-refractivity contribution in [1.82, 2.24) is 15.5 Å². The molecule has 0 spiro atoms. The summed E-state index contributed by atoms with van der Waals surface area (Å²) in [6, 6.07) is 0.196. The number of aliphatic hydroxyl groups is 1. The van der Waals surface area contributed by atoms with Crippen LogP contribution in [0.15, 0.2) is 0 Å². The highest BCUT2D eigenvalue weighted by Gasteiger charge is 2.45. The van der Waals surface area contributed by atoms with Gasteiger partial charge >= 0.3 is 0 Å². The molecule has 0 aromatic heterocycles. The first-order valence-electron chi connectivity index (χ1n) is 10.7. The average molecular weight is 731 g/mol. The summed E-state index contributed by atoms with van der Waals surface area (Å²) in [5, 5.41) is 13.7. The molecule has 3 heterocycles. The van der Waals surface area contributed by atoms with E-state index < -0.39 is 17.7 Å². The minimum Gasteiger partial charge on any atom is -0.381 e. The highest BCUT2D eigenvalue weighted by atomic mass is 128. The van der Waals surface area contributed by atoms with Gasteiger partial charge in [-0.3, -0.25) is 14.4 Å². The quantitative estimate of drug-likeness (QED) is 0.215. The van der Waals surface area contributed by atoms with Gasteiger partial charge in [0.15, 0.2) is 29.9 Å². The Morgan fingerprint density at radius 1 is 0.829 bits per heavy atom. The van der Waals surface area contributed by atoms with E-state index in [1.807, 2.05) is 13.8 Å². The molecular weight excluding hydrogens is 688 g/mol. The largest absolute Gasteiger partial charge is 0.381 e. The zero-order chi connectivity index (χ0) is 27.0. The number of rotatable bonds is 6. The van der Waals surface area contributed by atoms with Crippen LogP contribution >= 0.6 is 37.2 Å². The second-order valence-corrected chi connectivity index (χ2v) is 9.01. The number of carbonyl (C=O) groups is 3. The molecule has 0 aliphatic carbocycles. The molecule has 0 bridgehead atoms. The molecule has 3 saturated heterocycles. The smallest absolute Gasteiger partial charge is 0.254 e. The number of methoxy groups -OCH3 is 2. The lowest BCUT2D eigenvalue weighted by atomic mass is 10.0. The minimum absolute atomic E-state index is 0.